The molecule has 1 fully saturated rings. The molecule has 1 saturated heterocycles. The Morgan fingerprint density at radius 3 is 2.40 bits per heavy atom. The van der Waals surface area contributed by atoms with Crippen LogP contribution < -0.4 is 21.3 Å². The number of nitrogens with zero attached hydrogens (tertiary/aromatic N) is 3. The molecule has 10 heteroatoms. The summed E-state index contributed by atoms with van der Waals surface area (Å²) in [5.74, 6) is -0.520. The highest BCUT2D eigenvalue weighted by Crippen LogP contribution is 2.19. The molecule has 10 nitrogen and oxygen atoms in total. The molecule has 1 aliphatic heterocycles. The molecular formula is C20H26N6O4. The molecule has 30 heavy (non-hydrogen) atoms. The van der Waals surface area contributed by atoms with E-state index in [1.54, 1.807) is 26.0 Å². The summed E-state index contributed by atoms with van der Waals surface area (Å²) in [5, 5.41) is 5.23. The fourth-order valence-corrected chi connectivity index (χ4v) is 3.09. The molecule has 160 valence electrons. The van der Waals surface area contributed by atoms with Gasteiger partial charge in [-0.3, -0.25) is 14.4 Å². The van der Waals surface area contributed by atoms with Gasteiger partial charge in [0.2, 0.25) is 17.7 Å². The van der Waals surface area contributed by atoms with Crippen molar-refractivity contribution >= 4 is 29.1 Å². The van der Waals surface area contributed by atoms with Gasteiger partial charge in [-0.2, -0.15) is 0 Å². The van der Waals surface area contributed by atoms with Crippen molar-refractivity contribution in [2.24, 2.45) is 5.73 Å². The van der Waals surface area contributed by atoms with Crippen LogP contribution in [0.2, 0.25) is 0 Å². The second-order valence-electron chi connectivity index (χ2n) is 7.13. The summed E-state index contributed by atoms with van der Waals surface area (Å²) in [6, 6.07) is 7.03. The zero-order chi connectivity index (χ0) is 21.7. The third kappa shape index (κ3) is 5.35. The summed E-state index contributed by atoms with van der Waals surface area (Å²) in [4.78, 5) is 43.6. The lowest BCUT2D eigenvalue weighted by Crippen LogP contribution is -2.48. The van der Waals surface area contributed by atoms with E-state index >= 15 is 0 Å². The number of benzene rings is 1. The van der Waals surface area contributed by atoms with Crippen LogP contribution in [-0.4, -0.2) is 60.3 Å². The predicted molar refractivity (Wildman–Crippen MR) is 111 cm³/mol. The van der Waals surface area contributed by atoms with Crippen LogP contribution in [0.1, 0.15) is 36.3 Å². The van der Waals surface area contributed by atoms with Crippen LogP contribution >= 0.6 is 0 Å². The van der Waals surface area contributed by atoms with Crippen molar-refractivity contribution in [3.8, 4) is 0 Å². The van der Waals surface area contributed by atoms with Gasteiger partial charge in [-0.15, -0.1) is 0 Å². The minimum atomic E-state index is -0.513. The molecule has 4 N–H and O–H groups in total. The number of nitrogens with one attached hydrogen (secondary N) is 2. The molecule has 0 spiro atoms. The number of carbonyl (C=O) groups is 3. The highest BCUT2D eigenvalue weighted by atomic mass is 16.3. The van der Waals surface area contributed by atoms with Crippen LogP contribution in [0.5, 0.6) is 0 Å². The maximum Gasteiger partial charge on any atom is 0.273 e. The summed E-state index contributed by atoms with van der Waals surface area (Å²) < 4.78 is 5.11. The van der Waals surface area contributed by atoms with E-state index in [2.05, 4.69) is 20.5 Å². The monoisotopic (exact) mass is 414 g/mol. The number of anilines is 2. The SMILES string of the molecule is CC(=O)N1CCN(c2ccc(NC(=O)CNC(=O)c3coc([C@H](C)N)n3)cc2)CC1. The minimum absolute atomic E-state index is 0.0734. The molecule has 1 aromatic heterocycles. The van der Waals surface area contributed by atoms with E-state index in [9.17, 15) is 14.4 Å². The lowest BCUT2D eigenvalue weighted by molar-refractivity contribution is -0.129. The Kier molecular flexibility index (Phi) is 6.68. The second kappa shape index (κ2) is 9.40. The fraction of sp³-hybridized carbons (Fsp3) is 0.400. The topological polar surface area (TPSA) is 134 Å². The molecule has 1 aromatic carbocycles. The number of aromatic nitrogens is 1. The average molecular weight is 414 g/mol. The van der Waals surface area contributed by atoms with Crippen molar-refractivity contribution in [3.63, 3.8) is 0 Å². The lowest BCUT2D eigenvalue weighted by atomic mass is 10.2. The summed E-state index contributed by atoms with van der Waals surface area (Å²) in [5.41, 5.74) is 7.37. The third-order valence-electron chi connectivity index (χ3n) is 4.79. The van der Waals surface area contributed by atoms with Gasteiger partial charge in [-0.25, -0.2) is 4.98 Å². The molecule has 3 amide bonds. The first-order valence-electron chi connectivity index (χ1n) is 9.73. The number of hydrogen-bond acceptors (Lipinski definition) is 7. The van der Waals surface area contributed by atoms with E-state index in [-0.39, 0.29) is 29.9 Å². The molecule has 1 aliphatic rings. The zero-order valence-electron chi connectivity index (χ0n) is 17.1. The Morgan fingerprint density at radius 1 is 1.17 bits per heavy atom. The molecule has 0 saturated carbocycles. The van der Waals surface area contributed by atoms with Gasteiger partial charge in [-0.05, 0) is 31.2 Å². The first-order chi connectivity index (χ1) is 14.3. The first-order valence-corrected chi connectivity index (χ1v) is 9.73. The first kappa shape index (κ1) is 21.3. The molecule has 0 aliphatic carbocycles. The van der Waals surface area contributed by atoms with Crippen LogP contribution in [0.25, 0.3) is 0 Å². The summed E-state index contributed by atoms with van der Waals surface area (Å²) in [6.45, 7) is 6.01. The van der Waals surface area contributed by atoms with Gasteiger partial charge < -0.3 is 30.6 Å². The number of amides is 3. The quantitative estimate of drug-likeness (QED) is 0.634. The summed E-state index contributed by atoms with van der Waals surface area (Å²) in [7, 11) is 0. The average Bonchev–Trinajstić information content (AvgIpc) is 3.23. The van der Waals surface area contributed by atoms with E-state index in [4.69, 9.17) is 10.2 Å². The number of nitrogens with two attached hydrogens (primary N) is 1. The maximum atomic E-state index is 12.1. The standard InChI is InChI=1S/C20H26N6O4/c1-13(21)20-24-17(12-30-20)19(29)22-11-18(28)23-15-3-5-16(6-4-15)26-9-7-25(8-10-26)14(2)27/h3-6,12-13H,7-11,21H2,1-2H3,(H,22,29)(H,23,28)/t13-/m0/s1. The summed E-state index contributed by atoms with van der Waals surface area (Å²) in [6.07, 6.45) is 1.21. The molecular weight excluding hydrogens is 388 g/mol. The van der Waals surface area contributed by atoms with E-state index in [1.165, 1.54) is 6.26 Å². The Morgan fingerprint density at radius 2 is 1.83 bits per heavy atom. The van der Waals surface area contributed by atoms with Crippen LogP contribution in [0.3, 0.4) is 0 Å². The molecule has 0 unspecified atom stereocenters. The Labute approximate surface area is 174 Å². The normalized spacial score (nSPS) is 14.9. The van der Waals surface area contributed by atoms with E-state index in [0.29, 0.717) is 18.8 Å². The maximum absolute atomic E-state index is 12.1. The van der Waals surface area contributed by atoms with Gasteiger partial charge in [0.25, 0.3) is 5.91 Å². The highest BCUT2D eigenvalue weighted by Gasteiger charge is 2.19. The number of carbonyl (C=O) groups excluding carboxylic acids is 3. The van der Waals surface area contributed by atoms with E-state index < -0.39 is 11.9 Å². The van der Waals surface area contributed by atoms with Crippen molar-refractivity contribution in [1.82, 2.24) is 15.2 Å². The molecule has 1 atom stereocenters. The Bertz CT molecular complexity index is 900. The molecule has 2 aromatic rings. The molecule has 3 rings (SSSR count). The number of oxazole rings is 1. The van der Waals surface area contributed by atoms with Gasteiger partial charge in [0.05, 0.1) is 12.6 Å². The van der Waals surface area contributed by atoms with Gasteiger partial charge in [0, 0.05) is 44.5 Å². The van der Waals surface area contributed by atoms with Crippen LogP contribution in [0.15, 0.2) is 34.9 Å². The lowest BCUT2D eigenvalue weighted by Gasteiger charge is -2.35. The minimum Gasteiger partial charge on any atom is -0.446 e. The van der Waals surface area contributed by atoms with Gasteiger partial charge in [0.1, 0.15) is 6.26 Å². The third-order valence-corrected chi connectivity index (χ3v) is 4.79. The summed E-state index contributed by atoms with van der Waals surface area (Å²) >= 11 is 0. The fourth-order valence-electron chi connectivity index (χ4n) is 3.09. The van der Waals surface area contributed by atoms with Crippen LogP contribution in [0.4, 0.5) is 11.4 Å². The van der Waals surface area contributed by atoms with Crippen molar-refractivity contribution in [2.75, 3.05) is 42.9 Å². The predicted octanol–water partition coefficient (Wildman–Crippen LogP) is 0.731. The van der Waals surface area contributed by atoms with Crippen molar-refractivity contribution in [1.29, 1.82) is 0 Å². The largest absolute Gasteiger partial charge is 0.446 e. The number of rotatable bonds is 6. The Hall–Kier alpha value is -3.40. The van der Waals surface area contributed by atoms with Gasteiger partial charge in [0.15, 0.2) is 5.69 Å². The zero-order valence-corrected chi connectivity index (χ0v) is 17.1. The van der Waals surface area contributed by atoms with Crippen LogP contribution in [-0.2, 0) is 9.59 Å². The smallest absolute Gasteiger partial charge is 0.273 e. The molecule has 0 bridgehead atoms. The molecule has 2 heterocycles. The van der Waals surface area contributed by atoms with Gasteiger partial charge in [-0.1, -0.05) is 0 Å². The molecule has 0 radical (unpaired) electrons. The van der Waals surface area contributed by atoms with Crippen LogP contribution in [0, 0.1) is 0 Å². The number of piperazine rings is 1. The van der Waals surface area contributed by atoms with E-state index in [1.807, 2.05) is 17.0 Å². The second-order valence-corrected chi connectivity index (χ2v) is 7.13. The van der Waals surface area contributed by atoms with Crippen molar-refractivity contribution < 1.29 is 18.8 Å². The van der Waals surface area contributed by atoms with Crippen molar-refractivity contribution in [3.05, 3.63) is 42.1 Å². The number of hydrogen-bond donors (Lipinski definition) is 3. The van der Waals surface area contributed by atoms with Gasteiger partial charge >= 0.3 is 0 Å². The van der Waals surface area contributed by atoms with Crippen molar-refractivity contribution in [2.45, 2.75) is 19.9 Å². The highest BCUT2D eigenvalue weighted by molar-refractivity contribution is 5.98. The van der Waals surface area contributed by atoms with E-state index in [0.717, 1.165) is 18.8 Å². The Balaban J connectivity index is 1.46.